The van der Waals surface area contributed by atoms with Gasteiger partial charge in [-0.25, -0.2) is 4.79 Å². The molecule has 0 saturated carbocycles. The third-order valence-corrected chi connectivity index (χ3v) is 4.33. The number of hydrogen-bond donors (Lipinski definition) is 7. The third kappa shape index (κ3) is 10.6. The predicted molar refractivity (Wildman–Crippen MR) is 106 cm³/mol. The van der Waals surface area contributed by atoms with E-state index in [1.54, 1.807) is 6.26 Å². The van der Waals surface area contributed by atoms with Crippen LogP contribution < -0.4 is 27.4 Å². The highest BCUT2D eigenvalue weighted by atomic mass is 32.2. The fourth-order valence-corrected chi connectivity index (χ4v) is 2.61. The lowest BCUT2D eigenvalue weighted by Gasteiger charge is -2.24. The van der Waals surface area contributed by atoms with Gasteiger partial charge < -0.3 is 37.6 Å². The molecule has 4 amide bonds. The number of carboxylic acids is 2. The van der Waals surface area contributed by atoms with Crippen LogP contribution in [0.5, 0.6) is 0 Å². The Morgan fingerprint density at radius 2 is 1.37 bits per heavy atom. The first-order valence-electron chi connectivity index (χ1n) is 8.77. The number of amides is 4. The summed E-state index contributed by atoms with van der Waals surface area (Å²) in [6.07, 6.45) is 0.354. The second-order valence-corrected chi connectivity index (χ2v) is 7.35. The first-order valence-corrected chi connectivity index (χ1v) is 10.2. The minimum absolute atomic E-state index is 0.173. The molecule has 0 radical (unpaired) electrons. The maximum absolute atomic E-state index is 12.6. The molecular formula is C16H27N5O8S. The quantitative estimate of drug-likeness (QED) is 0.142. The molecule has 0 aliphatic carbocycles. The number of thioether (sulfide) groups is 1. The molecule has 0 aromatic rings. The van der Waals surface area contributed by atoms with E-state index in [9.17, 15) is 28.8 Å². The zero-order valence-electron chi connectivity index (χ0n) is 16.5. The third-order valence-electron chi connectivity index (χ3n) is 3.69. The Bertz CT molecular complexity index is 672. The van der Waals surface area contributed by atoms with Crippen molar-refractivity contribution in [2.75, 3.05) is 12.0 Å². The van der Waals surface area contributed by atoms with Crippen LogP contribution in [-0.2, 0) is 28.8 Å². The summed E-state index contributed by atoms with van der Waals surface area (Å²) < 4.78 is 0. The average Bonchev–Trinajstić information content (AvgIpc) is 2.62. The van der Waals surface area contributed by atoms with Gasteiger partial charge in [0.05, 0.1) is 18.9 Å². The van der Waals surface area contributed by atoms with Crippen molar-refractivity contribution in [1.29, 1.82) is 0 Å². The fourth-order valence-electron chi connectivity index (χ4n) is 2.14. The minimum Gasteiger partial charge on any atom is -0.481 e. The van der Waals surface area contributed by atoms with Crippen molar-refractivity contribution in [2.45, 2.75) is 50.4 Å². The molecule has 30 heavy (non-hydrogen) atoms. The van der Waals surface area contributed by atoms with Gasteiger partial charge in [-0.1, -0.05) is 0 Å². The maximum atomic E-state index is 12.6. The summed E-state index contributed by atoms with van der Waals surface area (Å²) in [5, 5.41) is 24.7. The topological polar surface area (TPSA) is 231 Å². The summed E-state index contributed by atoms with van der Waals surface area (Å²) >= 11 is 1.39. The van der Waals surface area contributed by atoms with Gasteiger partial charge in [-0.15, -0.1) is 0 Å². The molecule has 0 bridgehead atoms. The minimum atomic E-state index is -1.70. The standard InChI is InChI=1S/C16H27N5O8S/c1-7(17)13(25)19-8(3-4-30-2)14(26)20-9(6-12(23)24)15(27)21-10(16(28)29)5-11(18)22/h7-10H,3-6,17H2,1-2H3,(H2,18,22)(H,19,25)(H,20,26)(H,21,27)(H,23,24)(H,28,29). The van der Waals surface area contributed by atoms with E-state index in [4.69, 9.17) is 21.7 Å². The molecule has 9 N–H and O–H groups in total. The second-order valence-electron chi connectivity index (χ2n) is 6.36. The summed E-state index contributed by atoms with van der Waals surface area (Å²) in [4.78, 5) is 70.0. The lowest BCUT2D eigenvalue weighted by molar-refractivity contribution is -0.144. The summed E-state index contributed by atoms with van der Waals surface area (Å²) in [5.74, 6) is -6.16. The van der Waals surface area contributed by atoms with E-state index >= 15 is 0 Å². The van der Waals surface area contributed by atoms with Crippen LogP contribution in [0.2, 0.25) is 0 Å². The highest BCUT2D eigenvalue weighted by Gasteiger charge is 2.31. The molecule has 4 atom stereocenters. The number of carbonyl (C=O) groups excluding carboxylic acids is 4. The number of nitrogens with two attached hydrogens (primary N) is 2. The van der Waals surface area contributed by atoms with Crippen LogP contribution in [0, 0.1) is 0 Å². The number of rotatable bonds is 14. The highest BCUT2D eigenvalue weighted by Crippen LogP contribution is 2.04. The smallest absolute Gasteiger partial charge is 0.326 e. The number of hydrogen-bond acceptors (Lipinski definition) is 8. The molecule has 0 aromatic carbocycles. The Kier molecular flexibility index (Phi) is 12.1. The van der Waals surface area contributed by atoms with Crippen molar-refractivity contribution in [3.8, 4) is 0 Å². The molecule has 0 spiro atoms. The van der Waals surface area contributed by atoms with E-state index < -0.39 is 72.6 Å². The summed E-state index contributed by atoms with van der Waals surface area (Å²) in [5.41, 5.74) is 10.4. The molecule has 0 fully saturated rings. The molecule has 0 heterocycles. The molecule has 13 nitrogen and oxygen atoms in total. The lowest BCUT2D eigenvalue weighted by Crippen LogP contribution is -2.57. The average molecular weight is 449 g/mol. The Balaban J connectivity index is 5.42. The molecule has 170 valence electrons. The van der Waals surface area contributed by atoms with E-state index in [0.717, 1.165) is 0 Å². The summed E-state index contributed by atoms with van der Waals surface area (Å²) in [6.45, 7) is 1.41. The Morgan fingerprint density at radius 1 is 0.867 bits per heavy atom. The van der Waals surface area contributed by atoms with Gasteiger partial charge in [0.2, 0.25) is 23.6 Å². The number of nitrogens with one attached hydrogen (secondary N) is 3. The first-order chi connectivity index (χ1) is 13.9. The van der Waals surface area contributed by atoms with Crippen molar-refractivity contribution in [1.82, 2.24) is 16.0 Å². The van der Waals surface area contributed by atoms with Crippen molar-refractivity contribution in [2.24, 2.45) is 11.5 Å². The molecule has 0 rings (SSSR count). The molecule has 0 aliphatic rings. The Labute approximate surface area is 176 Å². The molecule has 4 unspecified atom stereocenters. The van der Waals surface area contributed by atoms with Crippen LogP contribution in [0.4, 0.5) is 0 Å². The summed E-state index contributed by atoms with van der Waals surface area (Å²) in [7, 11) is 0. The van der Waals surface area contributed by atoms with Crippen LogP contribution in [-0.4, -0.2) is 82.0 Å². The van der Waals surface area contributed by atoms with Crippen molar-refractivity contribution >= 4 is 47.3 Å². The number of primary amides is 1. The van der Waals surface area contributed by atoms with Gasteiger partial charge in [0.1, 0.15) is 18.1 Å². The molecule has 0 saturated heterocycles. The van der Waals surface area contributed by atoms with E-state index in [0.29, 0.717) is 5.75 Å². The number of carbonyl (C=O) groups is 6. The monoisotopic (exact) mass is 449 g/mol. The van der Waals surface area contributed by atoms with Crippen LogP contribution in [0.1, 0.15) is 26.2 Å². The van der Waals surface area contributed by atoms with E-state index in [1.807, 2.05) is 5.32 Å². The van der Waals surface area contributed by atoms with Crippen molar-refractivity contribution in [3.05, 3.63) is 0 Å². The van der Waals surface area contributed by atoms with Crippen molar-refractivity contribution < 1.29 is 39.0 Å². The fraction of sp³-hybridized carbons (Fsp3) is 0.625. The SMILES string of the molecule is CSCCC(NC(=O)C(C)N)C(=O)NC(CC(=O)O)C(=O)NC(CC(N)=O)C(=O)O. The van der Waals surface area contributed by atoms with Gasteiger partial charge in [0.15, 0.2) is 0 Å². The largest absolute Gasteiger partial charge is 0.481 e. The normalized spacial score (nSPS) is 14.5. The van der Waals surface area contributed by atoms with Gasteiger partial charge in [-0.3, -0.25) is 24.0 Å². The molecule has 0 aromatic heterocycles. The van der Waals surface area contributed by atoms with E-state index in [-0.39, 0.29) is 6.42 Å². The van der Waals surface area contributed by atoms with Gasteiger partial charge in [-0.05, 0) is 25.4 Å². The first kappa shape index (κ1) is 27.1. The van der Waals surface area contributed by atoms with Crippen LogP contribution in [0.25, 0.3) is 0 Å². The Hall–Kier alpha value is -2.87. The van der Waals surface area contributed by atoms with Crippen molar-refractivity contribution in [3.63, 3.8) is 0 Å². The van der Waals surface area contributed by atoms with Crippen LogP contribution in [0.3, 0.4) is 0 Å². The zero-order valence-corrected chi connectivity index (χ0v) is 17.4. The predicted octanol–water partition coefficient (Wildman–Crippen LogP) is -3.02. The van der Waals surface area contributed by atoms with Gasteiger partial charge in [0.25, 0.3) is 0 Å². The van der Waals surface area contributed by atoms with Gasteiger partial charge >= 0.3 is 11.9 Å². The van der Waals surface area contributed by atoms with Crippen LogP contribution >= 0.6 is 11.8 Å². The van der Waals surface area contributed by atoms with Gasteiger partial charge in [-0.2, -0.15) is 11.8 Å². The Morgan fingerprint density at radius 3 is 1.80 bits per heavy atom. The number of aliphatic carboxylic acids is 2. The number of carboxylic acid groups (broad SMARTS) is 2. The maximum Gasteiger partial charge on any atom is 0.326 e. The summed E-state index contributed by atoms with van der Waals surface area (Å²) in [6, 6.07) is -5.36. The van der Waals surface area contributed by atoms with E-state index in [1.165, 1.54) is 18.7 Å². The molecular weight excluding hydrogens is 422 g/mol. The molecule has 0 aliphatic heterocycles. The van der Waals surface area contributed by atoms with Crippen LogP contribution in [0.15, 0.2) is 0 Å². The lowest BCUT2D eigenvalue weighted by atomic mass is 10.1. The van der Waals surface area contributed by atoms with Gasteiger partial charge in [0, 0.05) is 0 Å². The van der Waals surface area contributed by atoms with E-state index in [2.05, 4.69) is 10.6 Å². The highest BCUT2D eigenvalue weighted by molar-refractivity contribution is 7.98. The zero-order chi connectivity index (χ0) is 23.4. The molecule has 14 heteroatoms. The second kappa shape index (κ2) is 13.4.